The van der Waals surface area contributed by atoms with E-state index < -0.39 is 0 Å². The molecule has 3 rings (SSSR count). The predicted molar refractivity (Wildman–Crippen MR) is 81.9 cm³/mol. The standard InChI is InChI=1S/C17H15ClN2O/c1-11-8-14(18)6-7-16(11)21-17-13(10-19)9-12-4-2-3-5-15(12)20-17/h6-9H,2-5H2,1H3. The Balaban J connectivity index is 1.99. The molecule has 0 unspecified atom stereocenters. The minimum atomic E-state index is 0.392. The molecule has 1 aliphatic rings. The third-order valence-corrected chi connectivity index (χ3v) is 3.97. The summed E-state index contributed by atoms with van der Waals surface area (Å²) < 4.78 is 5.86. The van der Waals surface area contributed by atoms with Crippen molar-refractivity contribution in [2.75, 3.05) is 0 Å². The summed E-state index contributed by atoms with van der Waals surface area (Å²) in [6, 6.07) is 9.51. The van der Waals surface area contributed by atoms with Crippen LogP contribution in [0, 0.1) is 18.3 Å². The Hall–Kier alpha value is -2.05. The van der Waals surface area contributed by atoms with E-state index in [0.717, 1.165) is 36.9 Å². The van der Waals surface area contributed by atoms with Gasteiger partial charge in [0.25, 0.3) is 0 Å². The van der Waals surface area contributed by atoms with Crippen molar-refractivity contribution in [3.63, 3.8) is 0 Å². The van der Waals surface area contributed by atoms with Crippen molar-refractivity contribution in [3.8, 4) is 17.7 Å². The van der Waals surface area contributed by atoms with Crippen LogP contribution in [0.1, 0.15) is 35.2 Å². The van der Waals surface area contributed by atoms with Crippen LogP contribution in [0.2, 0.25) is 5.02 Å². The Morgan fingerprint density at radius 3 is 2.81 bits per heavy atom. The first-order valence-corrected chi connectivity index (χ1v) is 7.42. The van der Waals surface area contributed by atoms with E-state index in [9.17, 15) is 5.26 Å². The van der Waals surface area contributed by atoms with E-state index in [4.69, 9.17) is 16.3 Å². The average molecular weight is 299 g/mol. The number of nitriles is 1. The molecule has 4 heteroatoms. The molecule has 0 spiro atoms. The topological polar surface area (TPSA) is 45.9 Å². The van der Waals surface area contributed by atoms with Gasteiger partial charge in [-0.3, -0.25) is 0 Å². The van der Waals surface area contributed by atoms with Crippen molar-refractivity contribution in [3.05, 3.63) is 51.7 Å². The van der Waals surface area contributed by atoms with Gasteiger partial charge in [-0.2, -0.15) is 5.26 Å². The molecule has 21 heavy (non-hydrogen) atoms. The molecular weight excluding hydrogens is 284 g/mol. The van der Waals surface area contributed by atoms with E-state index in [-0.39, 0.29) is 0 Å². The number of aryl methyl sites for hydroxylation is 3. The smallest absolute Gasteiger partial charge is 0.237 e. The molecule has 106 valence electrons. The molecule has 2 aromatic rings. The molecule has 1 heterocycles. The van der Waals surface area contributed by atoms with Gasteiger partial charge in [-0.05, 0) is 68.0 Å². The molecule has 0 atom stereocenters. The SMILES string of the molecule is Cc1cc(Cl)ccc1Oc1nc2c(cc1C#N)CCCC2. The van der Waals surface area contributed by atoms with Crippen molar-refractivity contribution >= 4 is 11.6 Å². The number of fused-ring (bicyclic) bond motifs is 1. The third-order valence-electron chi connectivity index (χ3n) is 3.73. The summed E-state index contributed by atoms with van der Waals surface area (Å²) in [4.78, 5) is 4.57. The Bertz CT molecular complexity index is 734. The van der Waals surface area contributed by atoms with Gasteiger partial charge < -0.3 is 4.74 Å². The number of rotatable bonds is 2. The van der Waals surface area contributed by atoms with Crippen LogP contribution >= 0.6 is 11.6 Å². The molecule has 1 aliphatic carbocycles. The highest BCUT2D eigenvalue weighted by molar-refractivity contribution is 6.30. The van der Waals surface area contributed by atoms with Gasteiger partial charge in [0.15, 0.2) is 0 Å². The maximum absolute atomic E-state index is 9.32. The van der Waals surface area contributed by atoms with Gasteiger partial charge in [-0.15, -0.1) is 0 Å². The number of nitrogens with zero attached hydrogens (tertiary/aromatic N) is 2. The van der Waals surface area contributed by atoms with Crippen molar-refractivity contribution in [1.29, 1.82) is 5.26 Å². The molecule has 3 nitrogen and oxygen atoms in total. The summed E-state index contributed by atoms with van der Waals surface area (Å²) in [6.45, 7) is 1.92. The molecule has 0 N–H and O–H groups in total. The highest BCUT2D eigenvalue weighted by atomic mass is 35.5. The van der Waals surface area contributed by atoms with Crippen LogP contribution in [0.5, 0.6) is 11.6 Å². The van der Waals surface area contributed by atoms with Crippen LogP contribution < -0.4 is 4.74 Å². The van der Waals surface area contributed by atoms with E-state index in [1.807, 2.05) is 19.1 Å². The average Bonchev–Trinajstić information content (AvgIpc) is 2.49. The normalized spacial score (nSPS) is 13.4. The minimum absolute atomic E-state index is 0.392. The van der Waals surface area contributed by atoms with Crippen molar-refractivity contribution in [2.45, 2.75) is 32.6 Å². The van der Waals surface area contributed by atoms with Crippen LogP contribution in [0.25, 0.3) is 0 Å². The number of aromatic nitrogens is 1. The van der Waals surface area contributed by atoms with Gasteiger partial charge in [0.1, 0.15) is 17.4 Å². The van der Waals surface area contributed by atoms with Crippen LogP contribution in [0.4, 0.5) is 0 Å². The highest BCUT2D eigenvalue weighted by Crippen LogP contribution is 2.31. The van der Waals surface area contributed by atoms with Gasteiger partial charge in [-0.25, -0.2) is 4.98 Å². The fourth-order valence-corrected chi connectivity index (χ4v) is 2.83. The van der Waals surface area contributed by atoms with E-state index in [2.05, 4.69) is 11.1 Å². The molecule has 0 fully saturated rings. The van der Waals surface area contributed by atoms with Crippen molar-refractivity contribution in [1.82, 2.24) is 4.98 Å². The van der Waals surface area contributed by atoms with Crippen LogP contribution in [0.3, 0.4) is 0 Å². The zero-order valence-electron chi connectivity index (χ0n) is 11.8. The summed E-state index contributed by atoms with van der Waals surface area (Å²) in [7, 11) is 0. The van der Waals surface area contributed by atoms with Gasteiger partial charge in [0, 0.05) is 10.7 Å². The lowest BCUT2D eigenvalue weighted by molar-refractivity contribution is 0.453. The Morgan fingerprint density at radius 1 is 1.24 bits per heavy atom. The summed E-state index contributed by atoms with van der Waals surface area (Å²) >= 11 is 5.95. The second-order valence-electron chi connectivity index (χ2n) is 5.28. The highest BCUT2D eigenvalue weighted by Gasteiger charge is 2.17. The molecule has 1 aromatic carbocycles. The van der Waals surface area contributed by atoms with Gasteiger partial charge >= 0.3 is 0 Å². The monoisotopic (exact) mass is 298 g/mol. The minimum Gasteiger partial charge on any atom is -0.437 e. The lowest BCUT2D eigenvalue weighted by Gasteiger charge is -2.17. The number of hydrogen-bond acceptors (Lipinski definition) is 3. The second kappa shape index (κ2) is 5.75. The first-order chi connectivity index (χ1) is 10.2. The zero-order chi connectivity index (χ0) is 14.8. The summed E-state index contributed by atoms with van der Waals surface area (Å²) in [6.07, 6.45) is 4.26. The van der Waals surface area contributed by atoms with Gasteiger partial charge in [0.2, 0.25) is 5.88 Å². The molecule has 0 radical (unpaired) electrons. The van der Waals surface area contributed by atoms with Gasteiger partial charge in [0.05, 0.1) is 0 Å². The fraction of sp³-hybridized carbons (Fsp3) is 0.294. The number of hydrogen-bond donors (Lipinski definition) is 0. The van der Waals surface area contributed by atoms with E-state index in [1.165, 1.54) is 5.56 Å². The van der Waals surface area contributed by atoms with E-state index in [0.29, 0.717) is 22.2 Å². The third kappa shape index (κ3) is 2.86. The van der Waals surface area contributed by atoms with Crippen molar-refractivity contribution < 1.29 is 4.74 Å². The number of ether oxygens (including phenoxy) is 1. The molecule has 0 saturated carbocycles. The van der Waals surface area contributed by atoms with Crippen molar-refractivity contribution in [2.24, 2.45) is 0 Å². The molecule has 0 amide bonds. The van der Waals surface area contributed by atoms with E-state index in [1.54, 1.807) is 12.1 Å². The van der Waals surface area contributed by atoms with Crippen LogP contribution in [-0.4, -0.2) is 4.98 Å². The molecule has 0 saturated heterocycles. The largest absolute Gasteiger partial charge is 0.437 e. The molecular formula is C17H15ClN2O. The Morgan fingerprint density at radius 2 is 2.05 bits per heavy atom. The first-order valence-electron chi connectivity index (χ1n) is 7.04. The number of pyridine rings is 1. The predicted octanol–water partition coefficient (Wildman–Crippen LogP) is 4.59. The maximum atomic E-state index is 9.32. The lowest BCUT2D eigenvalue weighted by Crippen LogP contribution is -2.07. The molecule has 1 aromatic heterocycles. The summed E-state index contributed by atoms with van der Waals surface area (Å²) in [5.74, 6) is 1.07. The second-order valence-corrected chi connectivity index (χ2v) is 5.71. The maximum Gasteiger partial charge on any atom is 0.237 e. The Kier molecular flexibility index (Phi) is 3.81. The summed E-state index contributed by atoms with van der Waals surface area (Å²) in [5.41, 5.74) is 3.65. The van der Waals surface area contributed by atoms with Crippen LogP contribution in [-0.2, 0) is 12.8 Å². The quantitative estimate of drug-likeness (QED) is 0.815. The lowest BCUT2D eigenvalue weighted by atomic mass is 9.95. The molecule has 0 bridgehead atoms. The zero-order valence-corrected chi connectivity index (χ0v) is 12.6. The summed E-state index contributed by atoms with van der Waals surface area (Å²) in [5, 5.41) is 9.99. The molecule has 0 aliphatic heterocycles. The Labute approximate surface area is 129 Å². The van der Waals surface area contributed by atoms with E-state index >= 15 is 0 Å². The number of benzene rings is 1. The first kappa shape index (κ1) is 13.9. The fourth-order valence-electron chi connectivity index (χ4n) is 2.60. The number of halogens is 1. The van der Waals surface area contributed by atoms with Crippen LogP contribution in [0.15, 0.2) is 24.3 Å². The van der Waals surface area contributed by atoms with Gasteiger partial charge in [-0.1, -0.05) is 11.6 Å².